The third kappa shape index (κ3) is 3.95. The van der Waals surface area contributed by atoms with E-state index in [1.165, 1.54) is 27.8 Å². The fraction of sp³-hybridized carbons (Fsp3) is 0.400. The van der Waals surface area contributed by atoms with E-state index < -0.39 is 0 Å². The molecule has 0 radical (unpaired) electrons. The fourth-order valence-electron chi connectivity index (χ4n) is 3.01. The van der Waals surface area contributed by atoms with Gasteiger partial charge >= 0.3 is 0 Å². The van der Waals surface area contributed by atoms with Crippen molar-refractivity contribution < 1.29 is 5.11 Å². The first kappa shape index (κ1) is 15.8. The van der Waals surface area contributed by atoms with Crippen molar-refractivity contribution in [3.05, 3.63) is 70.3 Å². The van der Waals surface area contributed by atoms with Crippen molar-refractivity contribution >= 4 is 0 Å². The second kappa shape index (κ2) is 7.42. The van der Waals surface area contributed by atoms with Crippen LogP contribution in [0.4, 0.5) is 0 Å². The Labute approximate surface area is 128 Å². The largest absolute Gasteiger partial charge is 0.396 e. The predicted octanol–water partition coefficient (Wildman–Crippen LogP) is 4.63. The SMILES string of the molecule is Cc1c(C(C)C)ccc(CCCO)c1Cc1ccccc1. The van der Waals surface area contributed by atoms with Crippen LogP contribution in [-0.4, -0.2) is 11.7 Å². The molecule has 0 fully saturated rings. The fourth-order valence-corrected chi connectivity index (χ4v) is 3.01. The van der Waals surface area contributed by atoms with Crippen LogP contribution in [-0.2, 0) is 12.8 Å². The first-order chi connectivity index (χ1) is 10.1. The van der Waals surface area contributed by atoms with Gasteiger partial charge in [-0.05, 0) is 59.9 Å². The number of benzene rings is 2. The lowest BCUT2D eigenvalue weighted by Crippen LogP contribution is -2.04. The molecular weight excluding hydrogens is 256 g/mol. The lowest BCUT2D eigenvalue weighted by molar-refractivity contribution is 0.288. The highest BCUT2D eigenvalue weighted by molar-refractivity contribution is 5.44. The van der Waals surface area contributed by atoms with Crippen LogP contribution in [0.1, 0.15) is 54.0 Å². The van der Waals surface area contributed by atoms with E-state index in [1.807, 2.05) is 0 Å². The maximum absolute atomic E-state index is 9.12. The van der Waals surface area contributed by atoms with Gasteiger partial charge in [-0.2, -0.15) is 0 Å². The van der Waals surface area contributed by atoms with Crippen molar-refractivity contribution in [2.75, 3.05) is 6.61 Å². The molecule has 0 bridgehead atoms. The van der Waals surface area contributed by atoms with Crippen LogP contribution in [0.25, 0.3) is 0 Å². The van der Waals surface area contributed by atoms with Crippen LogP contribution in [0.5, 0.6) is 0 Å². The number of hydrogen-bond acceptors (Lipinski definition) is 1. The van der Waals surface area contributed by atoms with E-state index in [2.05, 4.69) is 63.2 Å². The summed E-state index contributed by atoms with van der Waals surface area (Å²) in [5, 5.41) is 9.12. The van der Waals surface area contributed by atoms with Crippen molar-refractivity contribution in [2.24, 2.45) is 0 Å². The Hall–Kier alpha value is -1.60. The molecule has 0 aliphatic rings. The average Bonchev–Trinajstić information content (AvgIpc) is 2.48. The lowest BCUT2D eigenvalue weighted by atomic mass is 9.87. The van der Waals surface area contributed by atoms with Gasteiger partial charge in [-0.15, -0.1) is 0 Å². The van der Waals surface area contributed by atoms with Gasteiger partial charge in [-0.3, -0.25) is 0 Å². The van der Waals surface area contributed by atoms with E-state index in [-0.39, 0.29) is 6.61 Å². The number of rotatable bonds is 6. The molecule has 1 N–H and O–H groups in total. The second-order valence-corrected chi connectivity index (χ2v) is 6.06. The standard InChI is InChI=1S/C20H26O/c1-15(2)19-12-11-18(10-7-13-21)20(16(19)3)14-17-8-5-4-6-9-17/h4-6,8-9,11-12,15,21H,7,10,13-14H2,1-3H3. The molecule has 2 aromatic carbocycles. The van der Waals surface area contributed by atoms with Crippen LogP contribution < -0.4 is 0 Å². The monoisotopic (exact) mass is 282 g/mol. The van der Waals surface area contributed by atoms with Crippen LogP contribution in [0.3, 0.4) is 0 Å². The summed E-state index contributed by atoms with van der Waals surface area (Å²) < 4.78 is 0. The van der Waals surface area contributed by atoms with E-state index in [9.17, 15) is 0 Å². The molecule has 0 atom stereocenters. The van der Waals surface area contributed by atoms with Crippen molar-refractivity contribution in [1.82, 2.24) is 0 Å². The third-order valence-electron chi connectivity index (χ3n) is 4.19. The summed E-state index contributed by atoms with van der Waals surface area (Å²) in [5.41, 5.74) is 7.04. The van der Waals surface area contributed by atoms with E-state index in [0.717, 1.165) is 19.3 Å². The topological polar surface area (TPSA) is 20.2 Å². The molecule has 0 aromatic heterocycles. The first-order valence-electron chi connectivity index (χ1n) is 7.89. The van der Waals surface area contributed by atoms with Gasteiger partial charge in [0.15, 0.2) is 0 Å². The van der Waals surface area contributed by atoms with Crippen molar-refractivity contribution in [3.8, 4) is 0 Å². The molecule has 1 heteroatoms. The summed E-state index contributed by atoms with van der Waals surface area (Å²) in [4.78, 5) is 0. The Balaban J connectivity index is 2.40. The van der Waals surface area contributed by atoms with Gasteiger partial charge in [-0.25, -0.2) is 0 Å². The minimum atomic E-state index is 0.260. The highest BCUT2D eigenvalue weighted by atomic mass is 16.2. The van der Waals surface area contributed by atoms with Crippen molar-refractivity contribution in [3.63, 3.8) is 0 Å². The molecule has 1 nitrogen and oxygen atoms in total. The molecule has 0 spiro atoms. The minimum absolute atomic E-state index is 0.260. The van der Waals surface area contributed by atoms with E-state index in [1.54, 1.807) is 0 Å². The molecular formula is C20H26O. The third-order valence-corrected chi connectivity index (χ3v) is 4.19. The molecule has 0 saturated carbocycles. The molecule has 2 rings (SSSR count). The maximum atomic E-state index is 9.12. The molecule has 2 aromatic rings. The molecule has 0 heterocycles. The zero-order chi connectivity index (χ0) is 15.2. The maximum Gasteiger partial charge on any atom is 0.0434 e. The van der Waals surface area contributed by atoms with Crippen molar-refractivity contribution in [2.45, 2.75) is 46.0 Å². The molecule has 0 aliphatic heterocycles. The minimum Gasteiger partial charge on any atom is -0.396 e. The predicted molar refractivity (Wildman–Crippen MR) is 89.9 cm³/mol. The van der Waals surface area contributed by atoms with Gasteiger partial charge in [0.05, 0.1) is 0 Å². The van der Waals surface area contributed by atoms with Crippen LogP contribution >= 0.6 is 0 Å². The van der Waals surface area contributed by atoms with Gasteiger partial charge in [0.25, 0.3) is 0 Å². The molecule has 21 heavy (non-hydrogen) atoms. The van der Waals surface area contributed by atoms with E-state index in [0.29, 0.717) is 5.92 Å². The summed E-state index contributed by atoms with van der Waals surface area (Å²) in [6, 6.07) is 15.2. The van der Waals surface area contributed by atoms with Gasteiger partial charge < -0.3 is 5.11 Å². The zero-order valence-corrected chi connectivity index (χ0v) is 13.4. The normalized spacial score (nSPS) is 11.1. The van der Waals surface area contributed by atoms with E-state index >= 15 is 0 Å². The van der Waals surface area contributed by atoms with E-state index in [4.69, 9.17) is 5.11 Å². The Bertz CT molecular complexity index is 570. The average molecular weight is 282 g/mol. The van der Waals surface area contributed by atoms with Crippen LogP contribution in [0, 0.1) is 6.92 Å². The Morgan fingerprint density at radius 1 is 1.00 bits per heavy atom. The van der Waals surface area contributed by atoms with Gasteiger partial charge in [0.1, 0.15) is 0 Å². The molecule has 0 amide bonds. The molecule has 0 saturated heterocycles. The van der Waals surface area contributed by atoms with Crippen LogP contribution in [0.2, 0.25) is 0 Å². The molecule has 112 valence electrons. The zero-order valence-electron chi connectivity index (χ0n) is 13.4. The summed E-state index contributed by atoms with van der Waals surface area (Å²) in [7, 11) is 0. The molecule has 0 aliphatic carbocycles. The van der Waals surface area contributed by atoms with Gasteiger partial charge in [0, 0.05) is 6.61 Å². The van der Waals surface area contributed by atoms with Crippen LogP contribution in [0.15, 0.2) is 42.5 Å². The summed E-state index contributed by atoms with van der Waals surface area (Å²) >= 11 is 0. The summed E-state index contributed by atoms with van der Waals surface area (Å²) in [6.45, 7) is 7.01. The highest BCUT2D eigenvalue weighted by Gasteiger charge is 2.12. The highest BCUT2D eigenvalue weighted by Crippen LogP contribution is 2.27. The first-order valence-corrected chi connectivity index (χ1v) is 7.89. The quantitative estimate of drug-likeness (QED) is 0.818. The van der Waals surface area contributed by atoms with Gasteiger partial charge in [-0.1, -0.05) is 56.3 Å². The number of aliphatic hydroxyl groups is 1. The molecule has 0 unspecified atom stereocenters. The smallest absolute Gasteiger partial charge is 0.0434 e. The summed E-state index contributed by atoms with van der Waals surface area (Å²) in [5.74, 6) is 0.548. The van der Waals surface area contributed by atoms with Crippen molar-refractivity contribution in [1.29, 1.82) is 0 Å². The van der Waals surface area contributed by atoms with Gasteiger partial charge in [0.2, 0.25) is 0 Å². The second-order valence-electron chi connectivity index (χ2n) is 6.06. The number of aliphatic hydroxyl groups excluding tert-OH is 1. The Kier molecular flexibility index (Phi) is 5.58. The number of aryl methyl sites for hydroxylation is 1. The number of hydrogen-bond donors (Lipinski definition) is 1. The summed E-state index contributed by atoms with van der Waals surface area (Å²) in [6.07, 6.45) is 2.77. The Morgan fingerprint density at radius 3 is 2.33 bits per heavy atom. The lowest BCUT2D eigenvalue weighted by Gasteiger charge is -2.18. The Morgan fingerprint density at radius 2 is 1.71 bits per heavy atom.